The second-order valence-electron chi connectivity index (χ2n) is 5.86. The third-order valence-electron chi connectivity index (χ3n) is 4.08. The first-order chi connectivity index (χ1) is 8.97. The number of benzene rings is 1. The van der Waals surface area contributed by atoms with Crippen LogP contribution >= 0.6 is 0 Å². The SMILES string of the molecule is CCCNC(C)c1ccc(N(C)C(C)C(C)C)cc1. The second-order valence-corrected chi connectivity index (χ2v) is 5.86. The van der Waals surface area contributed by atoms with Crippen molar-refractivity contribution in [2.75, 3.05) is 18.5 Å². The van der Waals surface area contributed by atoms with Crippen LogP contribution in [-0.4, -0.2) is 19.6 Å². The summed E-state index contributed by atoms with van der Waals surface area (Å²) < 4.78 is 0. The maximum absolute atomic E-state index is 3.52. The topological polar surface area (TPSA) is 15.3 Å². The largest absolute Gasteiger partial charge is 0.372 e. The zero-order valence-electron chi connectivity index (χ0n) is 13.4. The molecule has 0 aliphatic rings. The van der Waals surface area contributed by atoms with Crippen LogP contribution in [0.2, 0.25) is 0 Å². The zero-order chi connectivity index (χ0) is 14.4. The molecule has 1 rings (SSSR count). The van der Waals surface area contributed by atoms with Crippen LogP contribution in [0.1, 0.15) is 52.6 Å². The lowest BCUT2D eigenvalue weighted by molar-refractivity contribution is 0.505. The average Bonchev–Trinajstić information content (AvgIpc) is 2.43. The molecule has 0 bridgehead atoms. The van der Waals surface area contributed by atoms with Gasteiger partial charge in [-0.15, -0.1) is 0 Å². The van der Waals surface area contributed by atoms with E-state index >= 15 is 0 Å². The van der Waals surface area contributed by atoms with Gasteiger partial charge in [0.25, 0.3) is 0 Å². The molecule has 0 aliphatic carbocycles. The Balaban J connectivity index is 2.70. The fraction of sp³-hybridized carbons (Fsp3) is 0.647. The number of rotatable bonds is 7. The molecule has 0 spiro atoms. The summed E-state index contributed by atoms with van der Waals surface area (Å²) in [5.74, 6) is 0.662. The molecule has 2 unspecified atom stereocenters. The van der Waals surface area contributed by atoms with Gasteiger partial charge in [-0.2, -0.15) is 0 Å². The van der Waals surface area contributed by atoms with Crippen LogP contribution in [0, 0.1) is 5.92 Å². The second kappa shape index (κ2) is 7.54. The highest BCUT2D eigenvalue weighted by molar-refractivity contribution is 5.48. The van der Waals surface area contributed by atoms with E-state index in [-0.39, 0.29) is 0 Å². The molecule has 1 aromatic carbocycles. The van der Waals surface area contributed by atoms with Crippen molar-refractivity contribution in [2.24, 2.45) is 5.92 Å². The highest BCUT2D eigenvalue weighted by Gasteiger charge is 2.13. The summed E-state index contributed by atoms with van der Waals surface area (Å²) in [4.78, 5) is 2.36. The summed E-state index contributed by atoms with van der Waals surface area (Å²) in [7, 11) is 2.18. The fourth-order valence-electron chi connectivity index (χ4n) is 2.16. The molecule has 2 heteroatoms. The first-order valence-electron chi connectivity index (χ1n) is 7.53. The first kappa shape index (κ1) is 16.0. The molecule has 1 aromatic rings. The molecule has 0 saturated heterocycles. The molecule has 108 valence electrons. The highest BCUT2D eigenvalue weighted by atomic mass is 15.1. The lowest BCUT2D eigenvalue weighted by Crippen LogP contribution is -2.33. The Labute approximate surface area is 119 Å². The van der Waals surface area contributed by atoms with Gasteiger partial charge >= 0.3 is 0 Å². The number of hydrogen-bond acceptors (Lipinski definition) is 2. The summed E-state index contributed by atoms with van der Waals surface area (Å²) in [6.45, 7) is 12.3. The van der Waals surface area contributed by atoms with E-state index in [1.54, 1.807) is 0 Å². The molecule has 2 atom stereocenters. The quantitative estimate of drug-likeness (QED) is 0.791. The zero-order valence-corrected chi connectivity index (χ0v) is 13.4. The number of nitrogens with zero attached hydrogens (tertiary/aromatic N) is 1. The molecule has 0 amide bonds. The summed E-state index contributed by atoms with van der Waals surface area (Å²) >= 11 is 0. The van der Waals surface area contributed by atoms with Gasteiger partial charge in [0, 0.05) is 24.8 Å². The number of hydrogen-bond donors (Lipinski definition) is 1. The maximum Gasteiger partial charge on any atom is 0.0366 e. The highest BCUT2D eigenvalue weighted by Crippen LogP contribution is 2.22. The molecular weight excluding hydrogens is 232 g/mol. The van der Waals surface area contributed by atoms with Gasteiger partial charge in [0.2, 0.25) is 0 Å². The van der Waals surface area contributed by atoms with E-state index in [0.29, 0.717) is 18.0 Å². The van der Waals surface area contributed by atoms with Crippen LogP contribution in [0.5, 0.6) is 0 Å². The van der Waals surface area contributed by atoms with Gasteiger partial charge in [0.05, 0.1) is 0 Å². The minimum Gasteiger partial charge on any atom is -0.372 e. The summed E-state index contributed by atoms with van der Waals surface area (Å²) in [5.41, 5.74) is 2.66. The molecule has 2 nitrogen and oxygen atoms in total. The van der Waals surface area contributed by atoms with Crippen LogP contribution in [0.15, 0.2) is 24.3 Å². The Hall–Kier alpha value is -1.02. The van der Waals surface area contributed by atoms with Crippen molar-refractivity contribution in [2.45, 2.75) is 53.1 Å². The molecule has 0 aromatic heterocycles. The van der Waals surface area contributed by atoms with Crippen molar-refractivity contribution < 1.29 is 0 Å². The van der Waals surface area contributed by atoms with E-state index in [0.717, 1.165) is 6.54 Å². The summed E-state index contributed by atoms with van der Waals surface area (Å²) in [6, 6.07) is 9.94. The molecular formula is C17H30N2. The van der Waals surface area contributed by atoms with E-state index in [1.807, 2.05) is 0 Å². The summed E-state index contributed by atoms with van der Waals surface area (Å²) in [6.07, 6.45) is 1.18. The van der Waals surface area contributed by atoms with Crippen molar-refractivity contribution in [1.82, 2.24) is 5.32 Å². The predicted molar refractivity (Wildman–Crippen MR) is 85.9 cm³/mol. The van der Waals surface area contributed by atoms with Crippen molar-refractivity contribution >= 4 is 5.69 Å². The van der Waals surface area contributed by atoms with Crippen molar-refractivity contribution in [1.29, 1.82) is 0 Å². The molecule has 0 fully saturated rings. The fourth-order valence-corrected chi connectivity index (χ4v) is 2.16. The van der Waals surface area contributed by atoms with E-state index in [9.17, 15) is 0 Å². The van der Waals surface area contributed by atoms with Crippen LogP contribution in [-0.2, 0) is 0 Å². The number of anilines is 1. The lowest BCUT2D eigenvalue weighted by Gasteiger charge is -2.30. The molecule has 1 N–H and O–H groups in total. The van der Waals surface area contributed by atoms with Gasteiger partial charge in [0.15, 0.2) is 0 Å². The Morgan fingerprint density at radius 3 is 2.11 bits per heavy atom. The smallest absolute Gasteiger partial charge is 0.0366 e. The van der Waals surface area contributed by atoms with Gasteiger partial charge in [-0.3, -0.25) is 0 Å². The molecule has 0 saturated carbocycles. The van der Waals surface area contributed by atoms with Crippen molar-refractivity contribution in [3.8, 4) is 0 Å². The average molecular weight is 262 g/mol. The molecule has 0 radical (unpaired) electrons. The Morgan fingerprint density at radius 1 is 1.05 bits per heavy atom. The normalized spacial score (nSPS) is 14.5. The van der Waals surface area contributed by atoms with Crippen LogP contribution in [0.25, 0.3) is 0 Å². The van der Waals surface area contributed by atoms with Crippen LogP contribution < -0.4 is 10.2 Å². The molecule has 0 aliphatic heterocycles. The monoisotopic (exact) mass is 262 g/mol. The van der Waals surface area contributed by atoms with Gasteiger partial charge in [-0.1, -0.05) is 32.9 Å². The Bertz CT molecular complexity index is 356. The van der Waals surface area contributed by atoms with Crippen LogP contribution in [0.3, 0.4) is 0 Å². The third-order valence-corrected chi connectivity index (χ3v) is 4.08. The maximum atomic E-state index is 3.52. The van der Waals surface area contributed by atoms with Crippen molar-refractivity contribution in [3.05, 3.63) is 29.8 Å². The Kier molecular flexibility index (Phi) is 6.36. The van der Waals surface area contributed by atoms with E-state index < -0.39 is 0 Å². The summed E-state index contributed by atoms with van der Waals surface area (Å²) in [5, 5.41) is 3.52. The van der Waals surface area contributed by atoms with Gasteiger partial charge < -0.3 is 10.2 Å². The first-order valence-corrected chi connectivity index (χ1v) is 7.53. The lowest BCUT2D eigenvalue weighted by atomic mass is 10.0. The van der Waals surface area contributed by atoms with E-state index in [2.05, 4.69) is 76.1 Å². The third kappa shape index (κ3) is 4.54. The van der Waals surface area contributed by atoms with Gasteiger partial charge in [-0.05, 0) is 50.4 Å². The number of nitrogens with one attached hydrogen (secondary N) is 1. The van der Waals surface area contributed by atoms with Crippen molar-refractivity contribution in [3.63, 3.8) is 0 Å². The van der Waals surface area contributed by atoms with E-state index in [1.165, 1.54) is 17.7 Å². The Morgan fingerprint density at radius 2 is 1.63 bits per heavy atom. The minimum atomic E-state index is 0.432. The van der Waals surface area contributed by atoms with Gasteiger partial charge in [0.1, 0.15) is 0 Å². The van der Waals surface area contributed by atoms with E-state index in [4.69, 9.17) is 0 Å². The molecule has 19 heavy (non-hydrogen) atoms. The van der Waals surface area contributed by atoms with Crippen LogP contribution in [0.4, 0.5) is 5.69 Å². The molecule has 0 heterocycles. The predicted octanol–water partition coefficient (Wildman–Crippen LogP) is 4.23. The standard InChI is InChI=1S/C17H30N2/c1-7-12-18-14(4)16-8-10-17(11-9-16)19(6)15(5)13(2)3/h8-11,13-15,18H,7,12H2,1-6H3. The minimum absolute atomic E-state index is 0.432. The van der Waals surface area contributed by atoms with Gasteiger partial charge in [-0.25, -0.2) is 0 Å².